The summed E-state index contributed by atoms with van der Waals surface area (Å²) in [6.45, 7) is 14.8. The van der Waals surface area contributed by atoms with Crippen molar-refractivity contribution in [3.63, 3.8) is 0 Å². The van der Waals surface area contributed by atoms with Gasteiger partial charge in [-0.2, -0.15) is 0 Å². The van der Waals surface area contributed by atoms with Gasteiger partial charge in [0, 0.05) is 25.9 Å². The van der Waals surface area contributed by atoms with E-state index in [2.05, 4.69) is 46.4 Å². The van der Waals surface area contributed by atoms with Crippen LogP contribution in [0.3, 0.4) is 0 Å². The Labute approximate surface area is 439 Å². The lowest BCUT2D eigenvalue weighted by molar-refractivity contribution is -0.151. The highest BCUT2D eigenvalue weighted by Gasteiger charge is 2.23. The maximum atomic E-state index is 13.9. The van der Waals surface area contributed by atoms with Crippen LogP contribution >= 0.6 is 0 Å². The fraction of sp³-hybridized carbons (Fsp3) is 0.934. The molecule has 0 bridgehead atoms. The highest BCUT2D eigenvalue weighted by atomic mass is 16.6. The van der Waals surface area contributed by atoms with Crippen LogP contribution in [0.2, 0.25) is 0 Å². The van der Waals surface area contributed by atoms with Gasteiger partial charge in [-0.3, -0.25) is 14.4 Å². The molecule has 0 aliphatic carbocycles. The second-order valence-electron chi connectivity index (χ2n) is 21.5. The number of carbonyl (C=O) groups excluding carboxylic acids is 4. The zero-order valence-corrected chi connectivity index (χ0v) is 48.3. The first-order valence-electron chi connectivity index (χ1n) is 30.7. The topological polar surface area (TPSA) is 112 Å². The van der Waals surface area contributed by atoms with Crippen LogP contribution in [0, 0.1) is 0 Å². The average molecular weight is 1010 g/mol. The molecule has 1 amide bonds. The second kappa shape index (κ2) is 51.1. The summed E-state index contributed by atoms with van der Waals surface area (Å²) in [7, 11) is 4.06. The van der Waals surface area contributed by atoms with Gasteiger partial charge in [0.1, 0.15) is 24.4 Å². The number of ether oxygens (including phenoxy) is 4. The molecule has 0 spiro atoms. The Kier molecular flexibility index (Phi) is 49.4. The summed E-state index contributed by atoms with van der Waals surface area (Å²) in [5.41, 5.74) is 0. The first-order valence-corrected chi connectivity index (χ1v) is 30.7. The molecule has 0 aromatic rings. The molecule has 0 radical (unpaired) electrons. The van der Waals surface area contributed by atoms with Gasteiger partial charge in [-0.05, 0) is 130 Å². The van der Waals surface area contributed by atoms with Gasteiger partial charge in [-0.15, -0.1) is 0 Å². The summed E-state index contributed by atoms with van der Waals surface area (Å²) in [6, 6.07) is 0. The number of esters is 3. The predicted molar refractivity (Wildman–Crippen MR) is 298 cm³/mol. The van der Waals surface area contributed by atoms with Crippen molar-refractivity contribution in [1.82, 2.24) is 9.80 Å². The molecule has 10 nitrogen and oxygen atoms in total. The Balaban J connectivity index is 5.26. The van der Waals surface area contributed by atoms with Crippen LogP contribution in [0.5, 0.6) is 0 Å². The van der Waals surface area contributed by atoms with E-state index in [0.29, 0.717) is 25.9 Å². The van der Waals surface area contributed by atoms with Crippen molar-refractivity contribution in [1.29, 1.82) is 0 Å². The highest BCUT2D eigenvalue weighted by Crippen LogP contribution is 2.22. The van der Waals surface area contributed by atoms with E-state index in [1.807, 2.05) is 14.1 Å². The van der Waals surface area contributed by atoms with E-state index in [4.69, 9.17) is 18.9 Å². The maximum Gasteiger partial charge on any atom is 0.410 e. The third-order valence-corrected chi connectivity index (χ3v) is 14.2. The van der Waals surface area contributed by atoms with E-state index < -0.39 is 0 Å². The van der Waals surface area contributed by atoms with Gasteiger partial charge in [0.05, 0.1) is 6.42 Å². The molecule has 0 rings (SSSR count). The number of nitrogens with zero attached hydrogens (tertiary/aromatic N) is 2. The van der Waals surface area contributed by atoms with E-state index in [1.54, 1.807) is 4.90 Å². The summed E-state index contributed by atoms with van der Waals surface area (Å²) >= 11 is 0. The molecule has 0 heterocycles. The molecule has 71 heavy (non-hydrogen) atoms. The Bertz CT molecular complexity index is 1130. The quantitative estimate of drug-likeness (QED) is 0.0334. The van der Waals surface area contributed by atoms with E-state index >= 15 is 0 Å². The van der Waals surface area contributed by atoms with E-state index in [-0.39, 0.29) is 54.8 Å². The van der Waals surface area contributed by atoms with E-state index in [9.17, 15) is 19.2 Å². The lowest BCUT2D eigenvalue weighted by atomic mass is 10.0. The molecule has 420 valence electrons. The molecular formula is C61H118N2O8. The van der Waals surface area contributed by atoms with Crippen LogP contribution in [0.25, 0.3) is 0 Å². The minimum atomic E-state index is -0.327. The zero-order valence-electron chi connectivity index (χ0n) is 48.3. The normalized spacial score (nSPS) is 12.1. The number of amides is 1. The molecule has 0 aromatic heterocycles. The lowest BCUT2D eigenvalue weighted by Gasteiger charge is -2.26. The van der Waals surface area contributed by atoms with Crippen molar-refractivity contribution in [2.75, 3.05) is 33.7 Å². The Morgan fingerprint density at radius 1 is 0.310 bits per heavy atom. The van der Waals surface area contributed by atoms with Crippen LogP contribution in [-0.2, 0) is 33.3 Å². The summed E-state index contributed by atoms with van der Waals surface area (Å²) in [5.74, 6) is -0.302. The molecule has 0 aliphatic heterocycles. The fourth-order valence-electron chi connectivity index (χ4n) is 9.51. The minimum absolute atomic E-state index is 0.0274. The summed E-state index contributed by atoms with van der Waals surface area (Å²) < 4.78 is 24.2. The molecule has 1 unspecified atom stereocenters. The Morgan fingerprint density at radius 3 is 0.986 bits per heavy atom. The number of hydrogen-bond donors (Lipinski definition) is 0. The van der Waals surface area contributed by atoms with Crippen LogP contribution in [0.4, 0.5) is 4.79 Å². The third-order valence-electron chi connectivity index (χ3n) is 14.2. The summed E-state index contributed by atoms with van der Waals surface area (Å²) in [4.78, 5) is 56.4. The largest absolute Gasteiger partial charge is 0.462 e. The van der Waals surface area contributed by atoms with Crippen LogP contribution in [0.1, 0.15) is 311 Å². The SMILES string of the molecule is CCCCCCC(CCCCCC)OC(=O)CCCCCCCCC(CCCCCCCCC(=O)OC(CCCCCC)CCCCCC)OC(=O)N(CCCN(C)C)CCC(=O)OC(CC)CCCC. The molecule has 10 heteroatoms. The van der Waals surface area contributed by atoms with Crippen LogP contribution in [-0.4, -0.2) is 91.9 Å². The monoisotopic (exact) mass is 1010 g/mol. The average Bonchev–Trinajstić information content (AvgIpc) is 3.35. The van der Waals surface area contributed by atoms with Crippen molar-refractivity contribution < 1.29 is 38.1 Å². The van der Waals surface area contributed by atoms with Crippen molar-refractivity contribution in [2.24, 2.45) is 0 Å². The molecular weight excluding hydrogens is 889 g/mol. The third kappa shape index (κ3) is 44.8. The molecule has 0 saturated heterocycles. The maximum absolute atomic E-state index is 13.9. The number of carbonyl (C=O) groups is 4. The number of rotatable bonds is 53. The summed E-state index contributed by atoms with van der Waals surface area (Å²) in [5, 5.41) is 0. The predicted octanol–water partition coefficient (Wildman–Crippen LogP) is 17.6. The standard InChI is InChI=1S/C61H118N2O8/c1-9-15-20-32-42-55(43-33-21-16-10-2)69-58(64)48-38-30-26-24-28-36-46-57(71-61(67)63(52-40-51-62(7)8)53-50-60(66)68-54(14-6)41-19-13-5)47-37-29-25-27-31-39-49-59(65)70-56(44-34-22-17-11-3)45-35-23-18-12-4/h54-57H,9-53H2,1-8H3. The molecule has 0 N–H and O–H groups in total. The van der Waals surface area contributed by atoms with Crippen molar-refractivity contribution in [3.05, 3.63) is 0 Å². The van der Waals surface area contributed by atoms with E-state index in [0.717, 1.165) is 180 Å². The van der Waals surface area contributed by atoms with Gasteiger partial charge in [-0.1, -0.05) is 183 Å². The van der Waals surface area contributed by atoms with Gasteiger partial charge in [0.15, 0.2) is 0 Å². The van der Waals surface area contributed by atoms with Crippen LogP contribution < -0.4 is 0 Å². The fourth-order valence-corrected chi connectivity index (χ4v) is 9.51. The van der Waals surface area contributed by atoms with Gasteiger partial charge >= 0.3 is 24.0 Å². The molecule has 1 atom stereocenters. The van der Waals surface area contributed by atoms with Crippen molar-refractivity contribution in [2.45, 2.75) is 336 Å². The number of unbranched alkanes of at least 4 members (excludes halogenated alkanes) is 23. The zero-order chi connectivity index (χ0) is 52.4. The molecule has 0 saturated carbocycles. The molecule has 0 aromatic carbocycles. The smallest absolute Gasteiger partial charge is 0.410 e. The first kappa shape index (κ1) is 68.6. The van der Waals surface area contributed by atoms with Crippen LogP contribution in [0.15, 0.2) is 0 Å². The van der Waals surface area contributed by atoms with Gasteiger partial charge in [0.2, 0.25) is 0 Å². The van der Waals surface area contributed by atoms with Crippen molar-refractivity contribution in [3.8, 4) is 0 Å². The minimum Gasteiger partial charge on any atom is -0.462 e. The van der Waals surface area contributed by atoms with Gasteiger partial charge in [-0.25, -0.2) is 4.79 Å². The number of hydrogen-bond acceptors (Lipinski definition) is 9. The first-order chi connectivity index (χ1) is 34.5. The second-order valence-corrected chi connectivity index (χ2v) is 21.5. The van der Waals surface area contributed by atoms with Gasteiger partial charge in [0.25, 0.3) is 0 Å². The molecule has 0 fully saturated rings. The summed E-state index contributed by atoms with van der Waals surface area (Å²) in [6.07, 6.45) is 42.4. The van der Waals surface area contributed by atoms with E-state index in [1.165, 1.54) is 77.0 Å². The molecule has 0 aliphatic rings. The van der Waals surface area contributed by atoms with Crippen molar-refractivity contribution >= 4 is 24.0 Å². The Hall–Kier alpha value is -2.36. The van der Waals surface area contributed by atoms with Gasteiger partial charge < -0.3 is 28.7 Å². The lowest BCUT2D eigenvalue weighted by Crippen LogP contribution is -2.38. The highest BCUT2D eigenvalue weighted by molar-refractivity contribution is 5.72. The Morgan fingerprint density at radius 2 is 0.620 bits per heavy atom.